The summed E-state index contributed by atoms with van der Waals surface area (Å²) in [7, 11) is 0. The minimum absolute atomic E-state index is 0.0686. The van der Waals surface area contributed by atoms with Gasteiger partial charge >= 0.3 is 0 Å². The first-order valence-corrected chi connectivity index (χ1v) is 8.05. The van der Waals surface area contributed by atoms with Crippen LogP contribution in [0.1, 0.15) is 29.8 Å². The number of benzene rings is 1. The van der Waals surface area contributed by atoms with E-state index in [9.17, 15) is 5.11 Å². The highest BCUT2D eigenvalue weighted by Crippen LogP contribution is 2.24. The lowest BCUT2D eigenvalue weighted by Crippen LogP contribution is -2.18. The second-order valence-corrected chi connectivity index (χ2v) is 5.99. The van der Waals surface area contributed by atoms with Crippen LogP contribution in [0.15, 0.2) is 52.5 Å². The fraction of sp³-hybridized carbons (Fsp3) is 0.235. The molecular weight excluding hydrogens is 296 g/mol. The molecule has 0 aliphatic rings. The molecule has 1 aromatic carbocycles. The van der Waals surface area contributed by atoms with Crippen molar-refractivity contribution in [3.8, 4) is 10.8 Å². The van der Waals surface area contributed by atoms with Crippen molar-refractivity contribution in [1.82, 2.24) is 10.3 Å². The van der Waals surface area contributed by atoms with Gasteiger partial charge in [0.25, 0.3) is 0 Å². The Labute approximate surface area is 133 Å². The summed E-state index contributed by atoms with van der Waals surface area (Å²) in [4.78, 5) is 4.57. The highest BCUT2D eigenvalue weighted by molar-refractivity contribution is 7.13. The van der Waals surface area contributed by atoms with Gasteiger partial charge in [0, 0.05) is 18.0 Å². The van der Waals surface area contributed by atoms with Gasteiger partial charge in [0.05, 0.1) is 18.6 Å². The van der Waals surface area contributed by atoms with Gasteiger partial charge in [-0.1, -0.05) is 24.3 Å². The third-order valence-electron chi connectivity index (χ3n) is 3.51. The zero-order chi connectivity index (χ0) is 15.4. The zero-order valence-corrected chi connectivity index (χ0v) is 13.1. The quantitative estimate of drug-likeness (QED) is 0.727. The smallest absolute Gasteiger partial charge is 0.162 e. The third kappa shape index (κ3) is 3.44. The van der Waals surface area contributed by atoms with E-state index in [2.05, 4.69) is 23.3 Å². The van der Waals surface area contributed by atoms with Crippen LogP contribution < -0.4 is 5.32 Å². The molecule has 0 spiro atoms. The number of nitrogens with zero attached hydrogens (tertiary/aromatic N) is 1. The number of furan rings is 1. The van der Waals surface area contributed by atoms with Crippen LogP contribution >= 0.6 is 11.3 Å². The largest absolute Gasteiger partial charge is 0.462 e. The number of hydrogen-bond acceptors (Lipinski definition) is 5. The van der Waals surface area contributed by atoms with Crippen LogP contribution in [-0.4, -0.2) is 10.1 Å². The van der Waals surface area contributed by atoms with Crippen molar-refractivity contribution in [3.63, 3.8) is 0 Å². The Morgan fingerprint density at radius 3 is 3.00 bits per heavy atom. The van der Waals surface area contributed by atoms with E-state index in [1.165, 1.54) is 0 Å². The van der Waals surface area contributed by atoms with Gasteiger partial charge in [0.15, 0.2) is 10.8 Å². The van der Waals surface area contributed by atoms with Gasteiger partial charge in [-0.05, 0) is 30.2 Å². The van der Waals surface area contributed by atoms with Gasteiger partial charge in [-0.2, -0.15) is 0 Å². The first-order chi connectivity index (χ1) is 10.8. The molecule has 0 amide bonds. The van der Waals surface area contributed by atoms with E-state index in [-0.39, 0.29) is 12.6 Å². The van der Waals surface area contributed by atoms with Crippen LogP contribution in [-0.2, 0) is 13.2 Å². The molecule has 0 saturated heterocycles. The SMILES string of the molecule is CC(NCc1csc(-c2ccco2)n1)c1cccc(CO)c1. The monoisotopic (exact) mass is 314 g/mol. The fourth-order valence-electron chi connectivity index (χ4n) is 2.24. The molecule has 2 aromatic heterocycles. The zero-order valence-electron chi connectivity index (χ0n) is 12.3. The topological polar surface area (TPSA) is 58.3 Å². The summed E-state index contributed by atoms with van der Waals surface area (Å²) in [6, 6.07) is 12.0. The lowest BCUT2D eigenvalue weighted by molar-refractivity contribution is 0.281. The Balaban J connectivity index is 1.62. The molecule has 2 N–H and O–H groups in total. The number of aliphatic hydroxyl groups excluding tert-OH is 1. The summed E-state index contributed by atoms with van der Waals surface area (Å²) in [6.07, 6.45) is 1.66. The van der Waals surface area contributed by atoms with E-state index in [4.69, 9.17) is 4.42 Å². The van der Waals surface area contributed by atoms with Crippen molar-refractivity contribution in [2.24, 2.45) is 0 Å². The maximum atomic E-state index is 9.21. The summed E-state index contributed by atoms with van der Waals surface area (Å²) in [5.74, 6) is 0.806. The summed E-state index contributed by atoms with van der Waals surface area (Å²) < 4.78 is 5.36. The highest BCUT2D eigenvalue weighted by Gasteiger charge is 2.09. The molecule has 22 heavy (non-hydrogen) atoms. The van der Waals surface area contributed by atoms with Gasteiger partial charge in [-0.25, -0.2) is 4.98 Å². The van der Waals surface area contributed by atoms with Gasteiger partial charge in [-0.3, -0.25) is 0 Å². The fourth-order valence-corrected chi connectivity index (χ4v) is 3.02. The molecule has 0 fully saturated rings. The van der Waals surface area contributed by atoms with Gasteiger partial charge in [0.1, 0.15) is 0 Å². The van der Waals surface area contributed by atoms with Gasteiger partial charge < -0.3 is 14.8 Å². The molecule has 0 saturated carbocycles. The van der Waals surface area contributed by atoms with Gasteiger partial charge in [0.2, 0.25) is 0 Å². The molecule has 0 aliphatic heterocycles. The Morgan fingerprint density at radius 1 is 1.32 bits per heavy atom. The summed E-state index contributed by atoms with van der Waals surface area (Å²) >= 11 is 1.58. The van der Waals surface area contributed by atoms with E-state index in [0.717, 1.165) is 27.6 Å². The number of rotatable bonds is 6. The van der Waals surface area contributed by atoms with E-state index in [0.29, 0.717) is 6.54 Å². The molecule has 2 heterocycles. The predicted octanol–water partition coefficient (Wildman–Crippen LogP) is 3.75. The van der Waals surface area contributed by atoms with Crippen LogP contribution in [0.2, 0.25) is 0 Å². The predicted molar refractivity (Wildman–Crippen MR) is 87.4 cm³/mol. The van der Waals surface area contributed by atoms with Crippen LogP contribution in [0.4, 0.5) is 0 Å². The van der Waals surface area contributed by atoms with Crippen LogP contribution in [0.5, 0.6) is 0 Å². The van der Waals surface area contributed by atoms with Crippen LogP contribution in [0, 0.1) is 0 Å². The van der Waals surface area contributed by atoms with E-state index in [1.807, 2.05) is 35.7 Å². The summed E-state index contributed by atoms with van der Waals surface area (Å²) in [5.41, 5.74) is 3.09. The Hall–Kier alpha value is -1.95. The van der Waals surface area contributed by atoms with Crippen LogP contribution in [0.25, 0.3) is 10.8 Å². The van der Waals surface area contributed by atoms with Crippen molar-refractivity contribution in [3.05, 3.63) is 64.9 Å². The van der Waals surface area contributed by atoms with E-state index in [1.54, 1.807) is 17.6 Å². The average Bonchev–Trinajstić information content (AvgIpc) is 3.23. The van der Waals surface area contributed by atoms with Gasteiger partial charge in [-0.15, -0.1) is 11.3 Å². The molecule has 114 valence electrons. The molecule has 3 rings (SSSR count). The standard InChI is InChI=1S/C17H18N2O2S/c1-12(14-5-2-4-13(8-14)10-20)18-9-15-11-22-17(19-15)16-6-3-7-21-16/h2-8,11-12,18,20H,9-10H2,1H3. The number of aromatic nitrogens is 1. The summed E-state index contributed by atoms with van der Waals surface area (Å²) in [6.45, 7) is 2.87. The lowest BCUT2D eigenvalue weighted by Gasteiger charge is -2.14. The maximum absolute atomic E-state index is 9.21. The second kappa shape index (κ2) is 6.87. The van der Waals surface area contributed by atoms with Crippen molar-refractivity contribution < 1.29 is 9.52 Å². The maximum Gasteiger partial charge on any atom is 0.162 e. The minimum atomic E-state index is 0.0686. The Bertz CT molecular complexity index is 722. The molecule has 1 unspecified atom stereocenters. The molecule has 5 heteroatoms. The second-order valence-electron chi connectivity index (χ2n) is 5.13. The normalized spacial score (nSPS) is 12.5. The molecule has 0 bridgehead atoms. The number of nitrogens with one attached hydrogen (secondary N) is 1. The minimum Gasteiger partial charge on any atom is -0.462 e. The Kier molecular flexibility index (Phi) is 4.68. The molecule has 0 aliphatic carbocycles. The first kappa shape index (κ1) is 15.0. The lowest BCUT2D eigenvalue weighted by atomic mass is 10.1. The summed E-state index contributed by atoms with van der Waals surface area (Å²) in [5, 5.41) is 15.6. The van der Waals surface area contributed by atoms with Crippen LogP contribution in [0.3, 0.4) is 0 Å². The molecule has 0 radical (unpaired) electrons. The highest BCUT2D eigenvalue weighted by atomic mass is 32.1. The number of aliphatic hydroxyl groups is 1. The third-order valence-corrected chi connectivity index (χ3v) is 4.41. The first-order valence-electron chi connectivity index (χ1n) is 7.17. The van der Waals surface area contributed by atoms with E-state index >= 15 is 0 Å². The number of thiazole rings is 1. The molecule has 1 atom stereocenters. The van der Waals surface area contributed by atoms with Crippen molar-refractivity contribution in [1.29, 1.82) is 0 Å². The van der Waals surface area contributed by atoms with E-state index < -0.39 is 0 Å². The molecule has 4 nitrogen and oxygen atoms in total. The Morgan fingerprint density at radius 2 is 2.23 bits per heavy atom. The van der Waals surface area contributed by atoms with Crippen molar-refractivity contribution >= 4 is 11.3 Å². The molecule has 3 aromatic rings. The number of hydrogen-bond donors (Lipinski definition) is 2. The molecular formula is C17H18N2O2S. The van der Waals surface area contributed by atoms with Crippen molar-refractivity contribution in [2.45, 2.75) is 26.1 Å². The van der Waals surface area contributed by atoms with Crippen molar-refractivity contribution in [2.75, 3.05) is 0 Å². The average molecular weight is 314 g/mol.